The van der Waals surface area contributed by atoms with E-state index < -0.39 is 17.7 Å². The molecular formula is C12H7ClF3NO2. The first kappa shape index (κ1) is 13.6. The van der Waals surface area contributed by atoms with Crippen molar-refractivity contribution in [1.29, 1.82) is 0 Å². The molecule has 0 amide bonds. The van der Waals surface area contributed by atoms with Gasteiger partial charge in [-0.25, -0.2) is 4.98 Å². The third-order valence-electron chi connectivity index (χ3n) is 2.51. The summed E-state index contributed by atoms with van der Waals surface area (Å²) in [5.74, 6) is -1.09. The van der Waals surface area contributed by atoms with Crippen LogP contribution in [0.15, 0.2) is 24.3 Å². The van der Waals surface area contributed by atoms with Gasteiger partial charge in [0, 0.05) is 10.9 Å². The number of hydrogen-bond donors (Lipinski definition) is 1. The minimum atomic E-state index is -4.46. The molecule has 0 unspecified atom stereocenters. The number of nitrogens with zero attached hydrogens (tertiary/aromatic N) is 1. The highest BCUT2D eigenvalue weighted by molar-refractivity contribution is 6.30. The Morgan fingerprint density at radius 3 is 2.58 bits per heavy atom. The molecule has 0 saturated heterocycles. The largest absolute Gasteiger partial charge is 0.481 e. The molecule has 100 valence electrons. The summed E-state index contributed by atoms with van der Waals surface area (Å²) in [4.78, 5) is 14.4. The number of carboxylic acid groups (broad SMARTS) is 1. The number of fused-ring (bicyclic) bond motifs is 1. The number of halogens is 4. The number of aromatic nitrogens is 1. The standard InChI is InChI=1S/C12H7ClF3NO2/c13-11-7(4-10(18)19)3-6-1-2-8(12(14,15)16)5-9(6)17-11/h1-3,5H,4H2,(H,18,19). The fourth-order valence-electron chi connectivity index (χ4n) is 1.65. The lowest BCUT2D eigenvalue weighted by Gasteiger charge is -2.08. The van der Waals surface area contributed by atoms with Crippen molar-refractivity contribution in [3.05, 3.63) is 40.5 Å². The highest BCUT2D eigenvalue weighted by Gasteiger charge is 2.30. The molecule has 1 heterocycles. The maximum Gasteiger partial charge on any atom is 0.416 e. The van der Waals surface area contributed by atoms with Crippen molar-refractivity contribution in [2.24, 2.45) is 0 Å². The number of carbonyl (C=O) groups is 1. The summed E-state index contributed by atoms with van der Waals surface area (Å²) in [7, 11) is 0. The zero-order valence-corrected chi connectivity index (χ0v) is 10.1. The third kappa shape index (κ3) is 2.96. The molecule has 19 heavy (non-hydrogen) atoms. The fraction of sp³-hybridized carbons (Fsp3) is 0.167. The number of carboxylic acids is 1. The van der Waals surface area contributed by atoms with Gasteiger partial charge in [0.25, 0.3) is 0 Å². The highest BCUT2D eigenvalue weighted by atomic mass is 35.5. The monoisotopic (exact) mass is 289 g/mol. The molecule has 0 bridgehead atoms. The van der Waals surface area contributed by atoms with Gasteiger partial charge in [0.15, 0.2) is 0 Å². The molecule has 1 aromatic carbocycles. The van der Waals surface area contributed by atoms with Gasteiger partial charge in [0.1, 0.15) is 5.15 Å². The van der Waals surface area contributed by atoms with E-state index in [2.05, 4.69) is 4.98 Å². The highest BCUT2D eigenvalue weighted by Crippen LogP contribution is 2.31. The van der Waals surface area contributed by atoms with Crippen molar-refractivity contribution in [1.82, 2.24) is 4.98 Å². The van der Waals surface area contributed by atoms with E-state index in [1.54, 1.807) is 0 Å². The van der Waals surface area contributed by atoms with E-state index in [0.717, 1.165) is 12.1 Å². The second-order valence-corrected chi connectivity index (χ2v) is 4.27. The van der Waals surface area contributed by atoms with Gasteiger partial charge in [-0.3, -0.25) is 4.79 Å². The number of rotatable bonds is 2. The Hall–Kier alpha value is -1.82. The molecule has 0 aliphatic rings. The first-order valence-corrected chi connectivity index (χ1v) is 5.53. The first-order valence-electron chi connectivity index (χ1n) is 5.15. The first-order chi connectivity index (χ1) is 8.77. The van der Waals surface area contributed by atoms with Crippen LogP contribution in [0.4, 0.5) is 13.2 Å². The third-order valence-corrected chi connectivity index (χ3v) is 2.84. The van der Waals surface area contributed by atoms with E-state index in [1.165, 1.54) is 12.1 Å². The Morgan fingerprint density at radius 2 is 2.00 bits per heavy atom. The van der Waals surface area contributed by atoms with E-state index >= 15 is 0 Å². The van der Waals surface area contributed by atoms with Gasteiger partial charge in [0.2, 0.25) is 0 Å². The number of aliphatic carboxylic acids is 1. The van der Waals surface area contributed by atoms with Crippen LogP contribution in [0, 0.1) is 0 Å². The van der Waals surface area contributed by atoms with Crippen molar-refractivity contribution in [2.45, 2.75) is 12.6 Å². The summed E-state index contributed by atoms with van der Waals surface area (Å²) in [6.07, 6.45) is -4.79. The Balaban J connectivity index is 2.55. The molecule has 1 aromatic heterocycles. The normalized spacial score (nSPS) is 11.8. The summed E-state index contributed by atoms with van der Waals surface area (Å²) in [5.41, 5.74) is -0.482. The molecule has 0 saturated carbocycles. The van der Waals surface area contributed by atoms with Crippen LogP contribution >= 0.6 is 11.6 Å². The van der Waals surface area contributed by atoms with Crippen LogP contribution in [0.3, 0.4) is 0 Å². The SMILES string of the molecule is O=C(O)Cc1cc2ccc(C(F)(F)F)cc2nc1Cl. The second kappa shape index (κ2) is 4.70. The van der Waals surface area contributed by atoms with Crippen molar-refractivity contribution < 1.29 is 23.1 Å². The summed E-state index contributed by atoms with van der Waals surface area (Å²) in [6, 6.07) is 4.47. The molecule has 1 N–H and O–H groups in total. The van der Waals surface area contributed by atoms with Crippen LogP contribution < -0.4 is 0 Å². The minimum Gasteiger partial charge on any atom is -0.481 e. The smallest absolute Gasteiger partial charge is 0.416 e. The molecule has 0 spiro atoms. The zero-order valence-electron chi connectivity index (χ0n) is 9.33. The molecule has 2 aromatic rings. The summed E-state index contributed by atoms with van der Waals surface area (Å²) in [5, 5.41) is 8.99. The maximum absolute atomic E-state index is 12.5. The lowest BCUT2D eigenvalue weighted by Crippen LogP contribution is -2.05. The number of pyridine rings is 1. The molecule has 0 radical (unpaired) electrons. The second-order valence-electron chi connectivity index (χ2n) is 3.91. The Bertz CT molecular complexity index is 655. The van der Waals surface area contributed by atoms with E-state index in [-0.39, 0.29) is 22.7 Å². The van der Waals surface area contributed by atoms with E-state index in [4.69, 9.17) is 16.7 Å². The van der Waals surface area contributed by atoms with E-state index in [1.807, 2.05) is 0 Å². The molecule has 2 rings (SSSR count). The predicted octanol–water partition coefficient (Wildman–Crippen LogP) is 3.53. The van der Waals surface area contributed by atoms with Crippen LogP contribution in [0.25, 0.3) is 10.9 Å². The van der Waals surface area contributed by atoms with Gasteiger partial charge in [-0.05, 0) is 18.2 Å². The van der Waals surface area contributed by atoms with Crippen LogP contribution in [0.2, 0.25) is 5.15 Å². The topological polar surface area (TPSA) is 50.2 Å². The minimum absolute atomic E-state index is 0.0777. The van der Waals surface area contributed by atoms with Crippen molar-refractivity contribution in [3.63, 3.8) is 0 Å². The summed E-state index contributed by atoms with van der Waals surface area (Å²) in [6.45, 7) is 0. The van der Waals surface area contributed by atoms with Gasteiger partial charge in [-0.2, -0.15) is 13.2 Å². The average molecular weight is 290 g/mol. The van der Waals surface area contributed by atoms with Crippen LogP contribution in [0.1, 0.15) is 11.1 Å². The van der Waals surface area contributed by atoms with Crippen LogP contribution in [-0.2, 0) is 17.4 Å². The van der Waals surface area contributed by atoms with Crippen molar-refractivity contribution >= 4 is 28.5 Å². The maximum atomic E-state index is 12.5. The van der Waals surface area contributed by atoms with E-state index in [9.17, 15) is 18.0 Å². The predicted molar refractivity (Wildman–Crippen MR) is 63.1 cm³/mol. The van der Waals surface area contributed by atoms with Gasteiger partial charge in [-0.1, -0.05) is 17.7 Å². The summed E-state index contributed by atoms with van der Waals surface area (Å²) >= 11 is 5.76. The molecular weight excluding hydrogens is 283 g/mol. The Morgan fingerprint density at radius 1 is 1.32 bits per heavy atom. The molecule has 0 atom stereocenters. The Kier molecular flexibility index (Phi) is 3.36. The van der Waals surface area contributed by atoms with E-state index in [0.29, 0.717) is 5.39 Å². The summed E-state index contributed by atoms with van der Waals surface area (Å²) < 4.78 is 37.6. The Labute approximate surface area is 110 Å². The van der Waals surface area contributed by atoms with Gasteiger partial charge < -0.3 is 5.11 Å². The molecule has 0 aliphatic heterocycles. The van der Waals surface area contributed by atoms with Gasteiger partial charge in [-0.15, -0.1) is 0 Å². The van der Waals surface area contributed by atoms with Crippen molar-refractivity contribution in [2.75, 3.05) is 0 Å². The average Bonchev–Trinajstić information content (AvgIpc) is 2.27. The van der Waals surface area contributed by atoms with Crippen LogP contribution in [0.5, 0.6) is 0 Å². The number of alkyl halides is 3. The van der Waals surface area contributed by atoms with Gasteiger partial charge in [0.05, 0.1) is 17.5 Å². The lowest BCUT2D eigenvalue weighted by molar-refractivity contribution is -0.138. The number of benzene rings is 1. The fourth-order valence-corrected chi connectivity index (χ4v) is 1.86. The molecule has 3 nitrogen and oxygen atoms in total. The lowest BCUT2D eigenvalue weighted by atomic mass is 10.1. The number of hydrogen-bond acceptors (Lipinski definition) is 2. The van der Waals surface area contributed by atoms with Crippen LogP contribution in [-0.4, -0.2) is 16.1 Å². The quantitative estimate of drug-likeness (QED) is 0.860. The van der Waals surface area contributed by atoms with Gasteiger partial charge >= 0.3 is 12.1 Å². The molecule has 7 heteroatoms. The molecule has 0 fully saturated rings. The zero-order chi connectivity index (χ0) is 14.2. The molecule has 0 aliphatic carbocycles. The van der Waals surface area contributed by atoms with Crippen molar-refractivity contribution in [3.8, 4) is 0 Å².